The van der Waals surface area contributed by atoms with Gasteiger partial charge in [0, 0.05) is 0 Å². The van der Waals surface area contributed by atoms with Crippen molar-refractivity contribution in [2.75, 3.05) is 5.32 Å². The molecule has 0 bridgehead atoms. The van der Waals surface area contributed by atoms with Crippen molar-refractivity contribution in [3.05, 3.63) is 48.5 Å². The molecule has 0 amide bonds. The molecule has 1 heterocycles. The number of benzene rings is 1. The minimum Gasteiger partial charge on any atom is -0.338 e. The summed E-state index contributed by atoms with van der Waals surface area (Å²) in [5.74, 6) is 0.443. The molecule has 1 aromatic heterocycles. The van der Waals surface area contributed by atoms with E-state index in [0.717, 1.165) is 0 Å². The summed E-state index contributed by atoms with van der Waals surface area (Å²) in [7, 11) is 0. The van der Waals surface area contributed by atoms with Gasteiger partial charge >= 0.3 is 0 Å². The molecule has 0 saturated carbocycles. The van der Waals surface area contributed by atoms with Gasteiger partial charge < -0.3 is 10.3 Å². The van der Waals surface area contributed by atoms with Gasteiger partial charge in [-0.1, -0.05) is 29.3 Å². The molecule has 1 aromatic carbocycles. The number of nitrogens with zero attached hydrogens (tertiary/aromatic N) is 1. The normalized spacial score (nSPS) is 10.3. The van der Waals surface area contributed by atoms with Crippen molar-refractivity contribution in [2.45, 2.75) is 0 Å². The number of H-pyrrole nitrogens is 1. The quantitative estimate of drug-likeness (QED) is 0.783. The predicted molar refractivity (Wildman–Crippen MR) is 77.3 cm³/mol. The summed E-state index contributed by atoms with van der Waals surface area (Å²) in [4.78, 5) is 17.9. The average Bonchev–Trinajstić information content (AvgIpc) is 2.31. The van der Waals surface area contributed by atoms with Crippen LogP contribution in [0.25, 0.3) is 0 Å². The lowest BCUT2D eigenvalue weighted by atomic mass is 10.3. The van der Waals surface area contributed by atoms with Crippen LogP contribution in [-0.2, 0) is 0 Å². The summed E-state index contributed by atoms with van der Waals surface area (Å²) in [5.41, 5.74) is 0.399. The topological polar surface area (TPSA) is 57.8 Å². The van der Waals surface area contributed by atoms with Crippen molar-refractivity contribution in [1.29, 1.82) is 0 Å². The van der Waals surface area contributed by atoms with Crippen LogP contribution < -0.4 is 10.9 Å². The first-order valence-corrected chi connectivity index (χ1v) is 6.37. The number of halogens is 3. The fourth-order valence-electron chi connectivity index (χ4n) is 1.20. The Morgan fingerprint density at radius 3 is 2.88 bits per heavy atom. The monoisotopic (exact) mass is 381 g/mol. The van der Waals surface area contributed by atoms with E-state index in [1.54, 1.807) is 18.2 Å². The fraction of sp³-hybridized carbons (Fsp3) is 0. The van der Waals surface area contributed by atoms with Crippen LogP contribution in [0, 0.1) is 3.57 Å². The first kappa shape index (κ1) is 12.7. The molecule has 0 saturated heterocycles. The highest BCUT2D eigenvalue weighted by molar-refractivity contribution is 14.1. The van der Waals surface area contributed by atoms with Gasteiger partial charge in [-0.25, -0.2) is 4.98 Å². The largest absolute Gasteiger partial charge is 0.338 e. The highest BCUT2D eigenvalue weighted by atomic mass is 127. The molecule has 0 radical (unpaired) electrons. The third kappa shape index (κ3) is 2.72. The van der Waals surface area contributed by atoms with Crippen LogP contribution in [0.4, 0.5) is 11.5 Å². The van der Waals surface area contributed by atoms with E-state index < -0.39 is 0 Å². The molecule has 17 heavy (non-hydrogen) atoms. The van der Waals surface area contributed by atoms with Crippen molar-refractivity contribution in [2.24, 2.45) is 0 Å². The van der Waals surface area contributed by atoms with E-state index in [2.05, 4.69) is 15.3 Å². The highest BCUT2D eigenvalue weighted by Gasteiger charge is 2.09. The minimum atomic E-state index is -0.207. The van der Waals surface area contributed by atoms with Crippen molar-refractivity contribution in [1.82, 2.24) is 9.97 Å². The number of aromatic amines is 1. The van der Waals surface area contributed by atoms with Crippen LogP contribution in [0.1, 0.15) is 0 Å². The van der Waals surface area contributed by atoms with Gasteiger partial charge in [-0.2, -0.15) is 0 Å². The zero-order chi connectivity index (χ0) is 12.4. The minimum absolute atomic E-state index is 0.207. The Morgan fingerprint density at radius 2 is 2.12 bits per heavy atom. The Labute approximate surface area is 121 Å². The molecule has 4 nitrogen and oxygen atoms in total. The predicted octanol–water partition coefficient (Wildman–Crippen LogP) is 3.42. The number of hydrogen-bond donors (Lipinski definition) is 2. The molecule has 0 aliphatic rings. The van der Waals surface area contributed by atoms with Gasteiger partial charge in [-0.05, 0) is 34.7 Å². The number of hydrogen-bond acceptors (Lipinski definition) is 3. The molecular weight excluding hydrogens is 376 g/mol. The fourth-order valence-corrected chi connectivity index (χ4v) is 1.98. The standard InChI is InChI=1S/C10H6Cl2IN3O/c11-5-2-1-3-6(7(5)12)16-9-8(13)10(17)15-4-14-9/h1-4H,(H2,14,15,16,17). The molecule has 0 unspecified atom stereocenters. The molecule has 0 aliphatic heterocycles. The molecule has 0 aliphatic carbocycles. The average molecular weight is 382 g/mol. The second kappa shape index (κ2) is 5.24. The van der Waals surface area contributed by atoms with Crippen LogP contribution in [0.15, 0.2) is 29.3 Å². The molecular formula is C10H6Cl2IN3O. The molecule has 2 aromatic rings. The Hall–Kier alpha value is -0.790. The van der Waals surface area contributed by atoms with Crippen LogP contribution in [0.5, 0.6) is 0 Å². The van der Waals surface area contributed by atoms with Crippen LogP contribution in [0.3, 0.4) is 0 Å². The zero-order valence-corrected chi connectivity index (χ0v) is 12.0. The Bertz CT molecular complexity index is 615. The third-order valence-electron chi connectivity index (χ3n) is 2.00. The SMILES string of the molecule is O=c1[nH]cnc(Nc2cccc(Cl)c2Cl)c1I. The molecule has 0 atom stereocenters. The number of aromatic nitrogens is 2. The number of nitrogens with one attached hydrogen (secondary N) is 2. The van der Waals surface area contributed by atoms with E-state index in [-0.39, 0.29) is 5.56 Å². The van der Waals surface area contributed by atoms with E-state index in [9.17, 15) is 4.79 Å². The second-order valence-corrected chi connectivity index (χ2v) is 4.98. The number of rotatable bonds is 2. The van der Waals surface area contributed by atoms with Gasteiger partial charge in [0.2, 0.25) is 0 Å². The van der Waals surface area contributed by atoms with Gasteiger partial charge in [0.05, 0.1) is 22.1 Å². The summed E-state index contributed by atoms with van der Waals surface area (Å²) in [5, 5.41) is 3.80. The zero-order valence-electron chi connectivity index (χ0n) is 8.30. The molecule has 2 N–H and O–H groups in total. The molecule has 0 fully saturated rings. The van der Waals surface area contributed by atoms with Crippen molar-refractivity contribution in [3.63, 3.8) is 0 Å². The first-order valence-electron chi connectivity index (χ1n) is 4.54. The van der Waals surface area contributed by atoms with Crippen LogP contribution in [0.2, 0.25) is 10.0 Å². The smallest absolute Gasteiger partial charge is 0.266 e. The van der Waals surface area contributed by atoms with E-state index >= 15 is 0 Å². The van der Waals surface area contributed by atoms with Crippen molar-refractivity contribution < 1.29 is 0 Å². The lowest BCUT2D eigenvalue weighted by molar-refractivity contribution is 1.10. The maximum atomic E-state index is 11.4. The summed E-state index contributed by atoms with van der Waals surface area (Å²) >= 11 is 13.8. The van der Waals surface area contributed by atoms with Gasteiger partial charge in [0.1, 0.15) is 3.57 Å². The Morgan fingerprint density at radius 1 is 1.35 bits per heavy atom. The maximum absolute atomic E-state index is 11.4. The van der Waals surface area contributed by atoms with Crippen molar-refractivity contribution in [3.8, 4) is 0 Å². The maximum Gasteiger partial charge on any atom is 0.266 e. The van der Waals surface area contributed by atoms with Crippen LogP contribution in [-0.4, -0.2) is 9.97 Å². The summed E-state index contributed by atoms with van der Waals surface area (Å²) in [6.45, 7) is 0. The van der Waals surface area contributed by atoms with E-state index in [1.165, 1.54) is 6.33 Å². The Balaban J connectivity index is 2.42. The first-order chi connectivity index (χ1) is 8.09. The Kier molecular flexibility index (Phi) is 3.90. The van der Waals surface area contributed by atoms with E-state index in [1.807, 2.05) is 22.6 Å². The van der Waals surface area contributed by atoms with Gasteiger partial charge in [0.15, 0.2) is 5.82 Å². The lowest BCUT2D eigenvalue weighted by Gasteiger charge is -2.09. The second-order valence-electron chi connectivity index (χ2n) is 3.12. The van der Waals surface area contributed by atoms with Crippen molar-refractivity contribution >= 4 is 57.3 Å². The molecule has 2 rings (SSSR count). The summed E-state index contributed by atoms with van der Waals surface area (Å²) in [6, 6.07) is 5.20. The number of anilines is 2. The van der Waals surface area contributed by atoms with E-state index in [4.69, 9.17) is 23.2 Å². The van der Waals surface area contributed by atoms with E-state index in [0.29, 0.717) is 25.1 Å². The molecule has 88 valence electrons. The van der Waals surface area contributed by atoms with Gasteiger partial charge in [0.25, 0.3) is 5.56 Å². The third-order valence-corrected chi connectivity index (χ3v) is 3.82. The molecule has 0 spiro atoms. The highest BCUT2D eigenvalue weighted by Crippen LogP contribution is 2.31. The van der Waals surface area contributed by atoms with Crippen LogP contribution >= 0.6 is 45.8 Å². The lowest BCUT2D eigenvalue weighted by Crippen LogP contribution is -2.13. The van der Waals surface area contributed by atoms with Gasteiger partial charge in [-0.3, -0.25) is 4.79 Å². The summed E-state index contributed by atoms with van der Waals surface area (Å²) < 4.78 is 0.459. The summed E-state index contributed by atoms with van der Waals surface area (Å²) in [6.07, 6.45) is 1.32. The molecule has 7 heteroatoms. The van der Waals surface area contributed by atoms with Gasteiger partial charge in [-0.15, -0.1) is 0 Å².